The zero-order chi connectivity index (χ0) is 26.2. The average Bonchev–Trinajstić information content (AvgIpc) is 3.25. The van der Waals surface area contributed by atoms with E-state index in [1.54, 1.807) is 12.1 Å². The number of piperidine rings is 1. The molecule has 0 unspecified atom stereocenters. The predicted octanol–water partition coefficient (Wildman–Crippen LogP) is 5.66. The average molecular weight is 518 g/mol. The molecule has 0 saturated carbocycles. The van der Waals surface area contributed by atoms with Crippen molar-refractivity contribution in [3.63, 3.8) is 0 Å². The molecule has 37 heavy (non-hydrogen) atoms. The van der Waals surface area contributed by atoms with Gasteiger partial charge in [0, 0.05) is 42.9 Å². The van der Waals surface area contributed by atoms with Crippen molar-refractivity contribution in [3.8, 4) is 0 Å². The fraction of sp³-hybridized carbons (Fsp3) is 0.621. The smallest absolute Gasteiger partial charge is 0.381 e. The number of alkyl halides is 3. The van der Waals surface area contributed by atoms with Crippen LogP contribution in [0.4, 0.5) is 13.2 Å². The number of nitrogens with one attached hydrogen (secondary N) is 2. The monoisotopic (exact) mass is 517 g/mol. The van der Waals surface area contributed by atoms with Crippen LogP contribution >= 0.6 is 0 Å². The van der Waals surface area contributed by atoms with Crippen LogP contribution in [-0.2, 0) is 22.1 Å². The predicted molar refractivity (Wildman–Crippen MR) is 138 cm³/mol. The lowest BCUT2D eigenvalue weighted by Crippen LogP contribution is -2.46. The summed E-state index contributed by atoms with van der Waals surface area (Å²) in [5.41, 5.74) is 2.39. The number of likely N-dealkylation sites (tertiary alicyclic amines) is 1. The van der Waals surface area contributed by atoms with Crippen LogP contribution in [0, 0.1) is 17.3 Å². The van der Waals surface area contributed by atoms with Crippen molar-refractivity contribution < 1.29 is 22.7 Å². The van der Waals surface area contributed by atoms with E-state index < -0.39 is 11.7 Å². The Morgan fingerprint density at radius 2 is 2.08 bits per heavy atom. The second-order valence-electron chi connectivity index (χ2n) is 11.2. The van der Waals surface area contributed by atoms with Crippen LogP contribution in [0.15, 0.2) is 30.4 Å². The Labute approximate surface area is 216 Å². The van der Waals surface area contributed by atoms with E-state index in [0.717, 1.165) is 73.9 Å². The van der Waals surface area contributed by atoms with Crippen LogP contribution in [0.2, 0.25) is 0 Å². The molecule has 2 aliphatic heterocycles. The van der Waals surface area contributed by atoms with Gasteiger partial charge in [-0.3, -0.25) is 4.79 Å². The van der Waals surface area contributed by atoms with Crippen LogP contribution in [0.3, 0.4) is 0 Å². The van der Waals surface area contributed by atoms with Crippen molar-refractivity contribution >= 4 is 16.8 Å². The van der Waals surface area contributed by atoms with E-state index in [0.29, 0.717) is 31.6 Å². The van der Waals surface area contributed by atoms with Gasteiger partial charge in [0.15, 0.2) is 0 Å². The Hall–Kier alpha value is -2.32. The molecule has 5 rings (SSSR count). The molecule has 0 bridgehead atoms. The number of nitrogens with zero attached hydrogens (tertiary/aromatic N) is 1. The van der Waals surface area contributed by atoms with Crippen molar-refractivity contribution in [1.29, 1.82) is 0 Å². The van der Waals surface area contributed by atoms with Crippen molar-refractivity contribution in [2.24, 2.45) is 17.3 Å². The first-order valence-corrected chi connectivity index (χ1v) is 13.7. The molecule has 1 aromatic heterocycles. The number of carbonyl (C=O) groups excluding carboxylic acids is 1. The Kier molecular flexibility index (Phi) is 7.42. The van der Waals surface area contributed by atoms with E-state index in [1.165, 1.54) is 12.1 Å². The highest BCUT2D eigenvalue weighted by Crippen LogP contribution is 2.47. The van der Waals surface area contributed by atoms with Crippen LogP contribution in [0.5, 0.6) is 0 Å². The molecular weight excluding hydrogens is 479 g/mol. The summed E-state index contributed by atoms with van der Waals surface area (Å²) in [6.07, 6.45) is 4.27. The minimum atomic E-state index is -4.34. The van der Waals surface area contributed by atoms with Gasteiger partial charge in [-0.15, -0.1) is 0 Å². The highest BCUT2D eigenvalue weighted by atomic mass is 19.4. The highest BCUT2D eigenvalue weighted by molar-refractivity contribution is 5.87. The number of hydrogen-bond donors (Lipinski definition) is 2. The van der Waals surface area contributed by atoms with Crippen molar-refractivity contribution in [2.75, 3.05) is 39.4 Å². The van der Waals surface area contributed by atoms with Gasteiger partial charge in [0.1, 0.15) is 0 Å². The highest BCUT2D eigenvalue weighted by Gasteiger charge is 2.41. The Bertz CT molecular complexity index is 1150. The zero-order valence-electron chi connectivity index (χ0n) is 21.8. The second kappa shape index (κ2) is 10.4. The molecule has 2 aromatic rings. The SMILES string of the molecule is CCNC(=O)C=CC1(CCN2CC[C@@H]3Cc4[nH]c5ccc(C(F)(F)F)cc5c4[C@H](C)[C@H]3C2)CCOCC1. The third-order valence-corrected chi connectivity index (χ3v) is 9.06. The molecule has 1 aromatic carbocycles. The van der Waals surface area contributed by atoms with Gasteiger partial charge in [-0.1, -0.05) is 13.0 Å². The number of hydrogen-bond acceptors (Lipinski definition) is 3. The Balaban J connectivity index is 1.30. The normalized spacial score (nSPS) is 26.2. The third-order valence-electron chi connectivity index (χ3n) is 9.06. The van der Waals surface area contributed by atoms with E-state index in [1.807, 2.05) is 6.92 Å². The minimum absolute atomic E-state index is 0.0314. The molecule has 3 aliphatic rings. The number of fused-ring (bicyclic) bond motifs is 4. The number of ether oxygens (including phenoxy) is 1. The molecule has 5 nitrogen and oxygen atoms in total. The fourth-order valence-corrected chi connectivity index (χ4v) is 6.87. The minimum Gasteiger partial charge on any atom is -0.381 e. The standard InChI is InChI=1S/C29H38F3N3O2/c1-3-33-26(36)6-8-28(10-14-37-15-11-28)9-13-35-12-7-20-16-25-27(19(2)23(20)18-35)22-17-21(29(30,31)32)4-5-24(22)34-25/h4-6,8,17,19-20,23,34H,3,7,9-16,18H2,1-2H3,(H,33,36)/t19-,20-,23-/m1/s1. The maximum Gasteiger partial charge on any atom is 0.416 e. The molecule has 2 fully saturated rings. The molecule has 2 N–H and O–H groups in total. The van der Waals surface area contributed by atoms with E-state index >= 15 is 0 Å². The second-order valence-corrected chi connectivity index (χ2v) is 11.2. The number of amides is 1. The van der Waals surface area contributed by atoms with E-state index in [-0.39, 0.29) is 17.2 Å². The van der Waals surface area contributed by atoms with Gasteiger partial charge in [0.2, 0.25) is 5.91 Å². The van der Waals surface area contributed by atoms with Gasteiger partial charge in [-0.25, -0.2) is 0 Å². The van der Waals surface area contributed by atoms with Gasteiger partial charge in [0.25, 0.3) is 0 Å². The summed E-state index contributed by atoms with van der Waals surface area (Å²) in [6.45, 7) is 9.10. The topological polar surface area (TPSA) is 57.4 Å². The quantitative estimate of drug-likeness (QED) is 0.486. The molecular formula is C29H38F3N3O2. The van der Waals surface area contributed by atoms with E-state index in [2.05, 4.69) is 28.2 Å². The van der Waals surface area contributed by atoms with Gasteiger partial charge in [-0.2, -0.15) is 13.2 Å². The van der Waals surface area contributed by atoms with Gasteiger partial charge < -0.3 is 19.9 Å². The van der Waals surface area contributed by atoms with E-state index in [4.69, 9.17) is 4.74 Å². The molecule has 1 amide bonds. The molecule has 0 spiro atoms. The number of allylic oxidation sites excluding steroid dienone is 1. The number of halogens is 3. The number of carbonyl (C=O) groups is 1. The molecule has 0 radical (unpaired) electrons. The fourth-order valence-electron chi connectivity index (χ4n) is 6.87. The molecule has 2 saturated heterocycles. The van der Waals surface area contributed by atoms with Crippen LogP contribution in [0.25, 0.3) is 10.9 Å². The summed E-state index contributed by atoms with van der Waals surface area (Å²) in [6, 6.07) is 4.09. The lowest BCUT2D eigenvalue weighted by atomic mass is 9.68. The maximum absolute atomic E-state index is 13.4. The van der Waals surface area contributed by atoms with Crippen LogP contribution < -0.4 is 5.32 Å². The van der Waals surface area contributed by atoms with Crippen LogP contribution in [-0.4, -0.2) is 55.2 Å². The number of aromatic nitrogens is 1. The van der Waals surface area contributed by atoms with Crippen molar-refractivity contribution in [2.45, 2.75) is 58.0 Å². The molecule has 3 atom stereocenters. The molecule has 8 heteroatoms. The zero-order valence-corrected chi connectivity index (χ0v) is 21.8. The molecule has 202 valence electrons. The lowest BCUT2D eigenvalue weighted by molar-refractivity contribution is -0.137. The van der Waals surface area contributed by atoms with Gasteiger partial charge >= 0.3 is 6.18 Å². The third kappa shape index (κ3) is 5.46. The largest absolute Gasteiger partial charge is 0.416 e. The summed E-state index contributed by atoms with van der Waals surface area (Å²) >= 11 is 0. The number of benzene rings is 1. The van der Waals surface area contributed by atoms with Gasteiger partial charge in [-0.05, 0) is 105 Å². The van der Waals surface area contributed by atoms with Crippen LogP contribution in [0.1, 0.15) is 62.3 Å². The Morgan fingerprint density at radius 3 is 2.81 bits per heavy atom. The number of H-pyrrole nitrogens is 1. The van der Waals surface area contributed by atoms with E-state index in [9.17, 15) is 18.0 Å². The Morgan fingerprint density at radius 1 is 1.30 bits per heavy atom. The number of rotatable bonds is 6. The van der Waals surface area contributed by atoms with Gasteiger partial charge in [0.05, 0.1) is 5.56 Å². The van der Waals surface area contributed by atoms with Crippen molar-refractivity contribution in [1.82, 2.24) is 15.2 Å². The molecule has 3 heterocycles. The summed E-state index contributed by atoms with van der Waals surface area (Å²) < 4.78 is 45.9. The summed E-state index contributed by atoms with van der Waals surface area (Å²) in [5.74, 6) is 1.12. The van der Waals surface area contributed by atoms with Crippen molar-refractivity contribution in [3.05, 3.63) is 47.2 Å². The summed E-state index contributed by atoms with van der Waals surface area (Å²) in [4.78, 5) is 18.0. The lowest BCUT2D eigenvalue weighted by Gasteiger charge is -2.45. The number of likely N-dealkylation sites (N-methyl/N-ethyl adjacent to an activating group) is 1. The number of aromatic amines is 1. The first-order chi connectivity index (χ1) is 17.7. The maximum atomic E-state index is 13.4. The summed E-state index contributed by atoms with van der Waals surface area (Å²) in [7, 11) is 0. The molecule has 1 aliphatic carbocycles. The first-order valence-electron chi connectivity index (χ1n) is 13.7. The first kappa shape index (κ1) is 26.3. The summed E-state index contributed by atoms with van der Waals surface area (Å²) in [5, 5.41) is 3.57.